The first-order valence-electron chi connectivity index (χ1n) is 15.3. The van der Waals surface area contributed by atoms with Crippen molar-refractivity contribution in [3.63, 3.8) is 0 Å². The normalized spacial score (nSPS) is 16.3. The van der Waals surface area contributed by atoms with Crippen LogP contribution in [0.25, 0.3) is 21.8 Å². The van der Waals surface area contributed by atoms with E-state index >= 15 is 0 Å². The maximum Gasteiger partial charge on any atom is 0.331 e. The Bertz CT molecular complexity index is 1750. The minimum Gasteiger partial charge on any atom is -0.490 e. The van der Waals surface area contributed by atoms with E-state index in [9.17, 15) is 9.59 Å². The zero-order valence-electron chi connectivity index (χ0n) is 25.5. The SMILES string of the molecule is CCCOc1cc2nc(N3CCOCC3)nc(N3CCC(n4c(=O)c5cc(C)ccc5n(C)c4=O)CC3)c2cc1OCC. The van der Waals surface area contributed by atoms with Crippen LogP contribution in [-0.4, -0.2) is 71.7 Å². The molecule has 11 nitrogen and oxygen atoms in total. The summed E-state index contributed by atoms with van der Waals surface area (Å²) in [6, 6.07) is 9.39. The molecule has 0 amide bonds. The van der Waals surface area contributed by atoms with Crippen molar-refractivity contribution in [3.8, 4) is 11.5 Å². The van der Waals surface area contributed by atoms with Crippen molar-refractivity contribution in [1.29, 1.82) is 0 Å². The van der Waals surface area contributed by atoms with E-state index in [4.69, 9.17) is 24.2 Å². The van der Waals surface area contributed by atoms with Gasteiger partial charge in [0.05, 0.1) is 42.8 Å². The molecule has 228 valence electrons. The molecule has 0 spiro atoms. The van der Waals surface area contributed by atoms with Crippen molar-refractivity contribution in [1.82, 2.24) is 19.1 Å². The van der Waals surface area contributed by atoms with Crippen molar-refractivity contribution >= 4 is 33.6 Å². The van der Waals surface area contributed by atoms with Crippen molar-refractivity contribution in [3.05, 3.63) is 56.7 Å². The van der Waals surface area contributed by atoms with Gasteiger partial charge in [-0.2, -0.15) is 4.98 Å². The lowest BCUT2D eigenvalue weighted by Crippen LogP contribution is -2.45. The Morgan fingerprint density at radius 3 is 2.37 bits per heavy atom. The topological polar surface area (TPSA) is 104 Å². The highest BCUT2D eigenvalue weighted by atomic mass is 16.5. The number of ether oxygens (including phenoxy) is 3. The van der Waals surface area contributed by atoms with Gasteiger partial charge in [-0.25, -0.2) is 9.78 Å². The van der Waals surface area contributed by atoms with Gasteiger partial charge in [-0.3, -0.25) is 13.9 Å². The van der Waals surface area contributed by atoms with Gasteiger partial charge in [-0.1, -0.05) is 18.6 Å². The fourth-order valence-corrected chi connectivity index (χ4v) is 6.10. The first-order chi connectivity index (χ1) is 20.9. The first-order valence-corrected chi connectivity index (χ1v) is 15.3. The molecular formula is C32H40N6O5. The standard InChI is InChI=1S/C32H40N6O5/c1-5-15-43-28-20-25-23(19-27(28)42-6-2)29(34-31(33-25)37-13-16-41-17-14-37)36-11-9-22(10-12-36)38-30(39)24-18-21(3)7-8-26(24)35(4)32(38)40/h7-8,18-20,22H,5-6,9-17H2,1-4H3. The predicted octanol–water partition coefficient (Wildman–Crippen LogP) is 3.82. The molecule has 43 heavy (non-hydrogen) atoms. The Morgan fingerprint density at radius 2 is 1.65 bits per heavy atom. The van der Waals surface area contributed by atoms with Crippen LogP contribution in [0.1, 0.15) is 44.7 Å². The zero-order valence-corrected chi connectivity index (χ0v) is 25.5. The summed E-state index contributed by atoms with van der Waals surface area (Å²) in [5.74, 6) is 2.83. The van der Waals surface area contributed by atoms with Gasteiger partial charge >= 0.3 is 5.69 Å². The van der Waals surface area contributed by atoms with Crippen molar-refractivity contribution < 1.29 is 14.2 Å². The third-order valence-corrected chi connectivity index (χ3v) is 8.37. The van der Waals surface area contributed by atoms with Gasteiger partial charge in [-0.05, 0) is 51.3 Å². The molecular weight excluding hydrogens is 548 g/mol. The van der Waals surface area contributed by atoms with E-state index in [1.54, 1.807) is 11.6 Å². The van der Waals surface area contributed by atoms with Crippen molar-refractivity contribution in [2.24, 2.45) is 7.05 Å². The minimum atomic E-state index is -0.275. The lowest BCUT2D eigenvalue weighted by Gasteiger charge is -2.35. The molecule has 4 heterocycles. The summed E-state index contributed by atoms with van der Waals surface area (Å²) in [6.45, 7) is 11.1. The highest BCUT2D eigenvalue weighted by molar-refractivity contribution is 5.93. The number of nitrogens with zero attached hydrogens (tertiary/aromatic N) is 6. The number of hydrogen-bond acceptors (Lipinski definition) is 9. The predicted molar refractivity (Wildman–Crippen MR) is 168 cm³/mol. The molecule has 2 aromatic heterocycles. The van der Waals surface area contributed by atoms with Crippen molar-refractivity contribution in [2.45, 2.75) is 46.1 Å². The third-order valence-electron chi connectivity index (χ3n) is 8.37. The number of anilines is 2. The molecule has 0 unspecified atom stereocenters. The average molecular weight is 589 g/mol. The molecule has 0 N–H and O–H groups in total. The average Bonchev–Trinajstić information content (AvgIpc) is 3.03. The number of benzene rings is 2. The van der Waals surface area contributed by atoms with Gasteiger partial charge < -0.3 is 24.0 Å². The largest absolute Gasteiger partial charge is 0.490 e. The lowest BCUT2D eigenvalue weighted by molar-refractivity contribution is 0.122. The zero-order chi connectivity index (χ0) is 30.1. The number of aryl methyl sites for hydroxylation is 2. The van der Waals surface area contributed by atoms with Gasteiger partial charge in [0.15, 0.2) is 11.5 Å². The van der Waals surface area contributed by atoms with Gasteiger partial charge in [-0.15, -0.1) is 0 Å². The number of rotatable bonds is 8. The molecule has 0 radical (unpaired) electrons. The summed E-state index contributed by atoms with van der Waals surface area (Å²) in [4.78, 5) is 41.4. The van der Waals surface area contributed by atoms with Crippen LogP contribution in [0, 0.1) is 6.92 Å². The van der Waals surface area contributed by atoms with Crippen LogP contribution in [0.4, 0.5) is 11.8 Å². The minimum absolute atomic E-state index is 0.202. The molecule has 0 bridgehead atoms. The smallest absolute Gasteiger partial charge is 0.331 e. The van der Waals surface area contributed by atoms with E-state index < -0.39 is 0 Å². The van der Waals surface area contributed by atoms with Crippen LogP contribution in [0.3, 0.4) is 0 Å². The summed E-state index contributed by atoms with van der Waals surface area (Å²) in [5.41, 5.74) is 1.94. The van der Waals surface area contributed by atoms with E-state index in [0.29, 0.717) is 80.7 Å². The Hall–Kier alpha value is -4.12. The second-order valence-electron chi connectivity index (χ2n) is 11.3. The molecule has 11 heteroatoms. The fourth-order valence-electron chi connectivity index (χ4n) is 6.10. The second-order valence-corrected chi connectivity index (χ2v) is 11.3. The third kappa shape index (κ3) is 5.53. The Morgan fingerprint density at radius 1 is 0.907 bits per heavy atom. The summed E-state index contributed by atoms with van der Waals surface area (Å²) in [6.07, 6.45) is 2.16. The van der Waals surface area contributed by atoms with Gasteiger partial charge in [0.2, 0.25) is 5.95 Å². The van der Waals surface area contributed by atoms with Gasteiger partial charge in [0.25, 0.3) is 5.56 Å². The van der Waals surface area contributed by atoms with Crippen LogP contribution in [0.2, 0.25) is 0 Å². The van der Waals surface area contributed by atoms with E-state index in [1.807, 2.05) is 44.2 Å². The summed E-state index contributed by atoms with van der Waals surface area (Å²) < 4.78 is 20.7. The second kappa shape index (κ2) is 12.2. The summed E-state index contributed by atoms with van der Waals surface area (Å²) in [7, 11) is 1.74. The number of aromatic nitrogens is 4. The van der Waals surface area contributed by atoms with E-state index in [0.717, 1.165) is 41.8 Å². The van der Waals surface area contributed by atoms with Gasteiger partial charge in [0, 0.05) is 50.7 Å². The molecule has 2 aliphatic rings. The van der Waals surface area contributed by atoms with Crippen LogP contribution >= 0.6 is 0 Å². The van der Waals surface area contributed by atoms with E-state index in [-0.39, 0.29) is 17.3 Å². The van der Waals surface area contributed by atoms with Crippen LogP contribution in [0.5, 0.6) is 11.5 Å². The summed E-state index contributed by atoms with van der Waals surface area (Å²) >= 11 is 0. The number of morpholine rings is 1. The molecule has 6 rings (SSSR count). The Balaban J connectivity index is 1.37. The number of hydrogen-bond donors (Lipinski definition) is 0. The molecule has 0 atom stereocenters. The first kappa shape index (κ1) is 29.0. The molecule has 0 aliphatic carbocycles. The number of fused-ring (bicyclic) bond motifs is 2. The molecule has 2 aromatic carbocycles. The van der Waals surface area contributed by atoms with Crippen molar-refractivity contribution in [2.75, 3.05) is 62.4 Å². The summed E-state index contributed by atoms with van der Waals surface area (Å²) in [5, 5.41) is 1.46. The highest BCUT2D eigenvalue weighted by Crippen LogP contribution is 2.38. The Labute approximate surface area is 250 Å². The Kier molecular flexibility index (Phi) is 8.25. The number of piperidine rings is 1. The maximum atomic E-state index is 13.6. The van der Waals surface area contributed by atoms with E-state index in [1.165, 1.54) is 4.57 Å². The lowest BCUT2D eigenvalue weighted by atomic mass is 10.0. The van der Waals surface area contributed by atoms with E-state index in [2.05, 4.69) is 16.7 Å². The van der Waals surface area contributed by atoms with Crippen LogP contribution < -0.4 is 30.5 Å². The van der Waals surface area contributed by atoms with Crippen LogP contribution in [-0.2, 0) is 11.8 Å². The monoisotopic (exact) mass is 588 g/mol. The highest BCUT2D eigenvalue weighted by Gasteiger charge is 2.28. The molecule has 4 aromatic rings. The maximum absolute atomic E-state index is 13.6. The van der Waals surface area contributed by atoms with Crippen LogP contribution in [0.15, 0.2) is 39.9 Å². The molecule has 0 saturated carbocycles. The molecule has 2 aliphatic heterocycles. The fraction of sp³-hybridized carbons (Fsp3) is 0.500. The molecule has 2 fully saturated rings. The molecule has 2 saturated heterocycles. The quantitative estimate of drug-likeness (QED) is 0.304. The van der Waals surface area contributed by atoms with Gasteiger partial charge in [0.1, 0.15) is 5.82 Å².